The molecule has 0 aromatic heterocycles. The van der Waals surface area contributed by atoms with Crippen LogP contribution in [0.25, 0.3) is 0 Å². The van der Waals surface area contributed by atoms with Crippen LogP contribution in [0.2, 0.25) is 0 Å². The molecule has 0 radical (unpaired) electrons. The molecule has 0 amide bonds. The van der Waals surface area contributed by atoms with Gasteiger partial charge < -0.3 is 15.2 Å². The summed E-state index contributed by atoms with van der Waals surface area (Å²) < 4.78 is 37.2. The van der Waals surface area contributed by atoms with Gasteiger partial charge in [0.2, 0.25) is 10.0 Å². The highest BCUT2D eigenvalue weighted by atomic mass is 35.5. The second-order valence-electron chi connectivity index (χ2n) is 5.12. The van der Waals surface area contributed by atoms with Gasteiger partial charge >= 0.3 is 0 Å². The lowest BCUT2D eigenvalue weighted by atomic mass is 10.0. The van der Waals surface area contributed by atoms with Crippen molar-refractivity contribution in [3.8, 4) is 11.5 Å². The predicted molar refractivity (Wildman–Crippen MR) is 87.3 cm³/mol. The summed E-state index contributed by atoms with van der Waals surface area (Å²) in [6, 6.07) is 4.65. The van der Waals surface area contributed by atoms with Gasteiger partial charge in [0.05, 0.1) is 19.1 Å². The summed E-state index contributed by atoms with van der Waals surface area (Å²) in [4.78, 5) is 0.220. The van der Waals surface area contributed by atoms with Crippen LogP contribution in [0.5, 0.6) is 11.5 Å². The monoisotopic (exact) mass is 350 g/mol. The quantitative estimate of drug-likeness (QED) is 0.869. The fraction of sp³-hybridized carbons (Fsp3) is 0.571. The van der Waals surface area contributed by atoms with E-state index in [0.717, 1.165) is 12.8 Å². The maximum absolute atomic E-state index is 12.7. The van der Waals surface area contributed by atoms with E-state index in [9.17, 15) is 8.42 Å². The average molecular weight is 351 g/mol. The molecule has 0 saturated carbocycles. The van der Waals surface area contributed by atoms with Crippen LogP contribution in [0.4, 0.5) is 0 Å². The molecule has 0 bridgehead atoms. The molecule has 126 valence electrons. The van der Waals surface area contributed by atoms with E-state index in [2.05, 4.69) is 0 Å². The molecule has 1 atom stereocenters. The molecule has 1 unspecified atom stereocenters. The Morgan fingerprint density at radius 1 is 1.27 bits per heavy atom. The van der Waals surface area contributed by atoms with Crippen molar-refractivity contribution in [1.82, 2.24) is 4.31 Å². The lowest BCUT2D eigenvalue weighted by Gasteiger charge is -2.31. The minimum absolute atomic E-state index is 0. The summed E-state index contributed by atoms with van der Waals surface area (Å²) in [5, 5.41) is 0. The number of nitrogens with zero attached hydrogens (tertiary/aromatic N) is 1. The van der Waals surface area contributed by atoms with E-state index in [-0.39, 0.29) is 23.2 Å². The van der Waals surface area contributed by atoms with Crippen molar-refractivity contribution in [3.05, 3.63) is 18.2 Å². The molecule has 1 aliphatic rings. The molecular formula is C14H23ClN2O4S. The molecule has 2 rings (SSSR count). The normalized spacial score (nSPS) is 19.3. The van der Waals surface area contributed by atoms with E-state index >= 15 is 0 Å². The molecule has 2 N–H and O–H groups in total. The smallest absolute Gasteiger partial charge is 0.243 e. The van der Waals surface area contributed by atoms with Gasteiger partial charge in [-0.15, -0.1) is 12.4 Å². The maximum Gasteiger partial charge on any atom is 0.243 e. The van der Waals surface area contributed by atoms with Crippen molar-refractivity contribution >= 4 is 22.4 Å². The van der Waals surface area contributed by atoms with Gasteiger partial charge in [-0.25, -0.2) is 8.42 Å². The van der Waals surface area contributed by atoms with E-state index < -0.39 is 10.0 Å². The summed E-state index contributed by atoms with van der Waals surface area (Å²) in [6.45, 7) is 1.53. The summed E-state index contributed by atoms with van der Waals surface area (Å²) in [5.74, 6) is 1.15. The van der Waals surface area contributed by atoms with Crippen LogP contribution in [-0.4, -0.2) is 46.6 Å². The van der Waals surface area contributed by atoms with Crippen molar-refractivity contribution in [2.75, 3.05) is 33.9 Å². The third-order valence-corrected chi connectivity index (χ3v) is 5.67. The first-order chi connectivity index (χ1) is 10.0. The molecule has 8 heteroatoms. The van der Waals surface area contributed by atoms with Crippen LogP contribution in [-0.2, 0) is 10.0 Å². The minimum Gasteiger partial charge on any atom is -0.493 e. The van der Waals surface area contributed by atoms with Gasteiger partial charge in [-0.05, 0) is 37.4 Å². The summed E-state index contributed by atoms with van der Waals surface area (Å²) in [7, 11) is -0.518. The molecule has 1 aromatic rings. The zero-order chi connectivity index (χ0) is 15.5. The number of sulfonamides is 1. The first-order valence-corrected chi connectivity index (χ1v) is 8.39. The van der Waals surface area contributed by atoms with Gasteiger partial charge in [0, 0.05) is 19.2 Å². The maximum atomic E-state index is 12.7. The van der Waals surface area contributed by atoms with Crippen LogP contribution in [0.3, 0.4) is 0 Å². The van der Waals surface area contributed by atoms with Gasteiger partial charge in [0.1, 0.15) is 0 Å². The van der Waals surface area contributed by atoms with Crippen molar-refractivity contribution in [1.29, 1.82) is 0 Å². The zero-order valence-electron chi connectivity index (χ0n) is 12.8. The van der Waals surface area contributed by atoms with Gasteiger partial charge in [0.15, 0.2) is 11.5 Å². The number of piperidine rings is 1. The Kier molecular flexibility index (Phi) is 6.93. The molecule has 1 fully saturated rings. The summed E-state index contributed by atoms with van der Waals surface area (Å²) in [6.07, 6.45) is 1.82. The number of methoxy groups -OCH3 is 2. The first-order valence-electron chi connectivity index (χ1n) is 6.95. The second kappa shape index (κ2) is 8.01. The highest BCUT2D eigenvalue weighted by Crippen LogP contribution is 2.31. The molecule has 1 saturated heterocycles. The Hall–Kier alpha value is -1.02. The lowest BCUT2D eigenvalue weighted by molar-refractivity contribution is 0.271. The molecular weight excluding hydrogens is 328 g/mol. The average Bonchev–Trinajstić information content (AvgIpc) is 2.54. The third kappa shape index (κ3) is 3.84. The lowest BCUT2D eigenvalue weighted by Crippen LogP contribution is -2.41. The topological polar surface area (TPSA) is 81.9 Å². The van der Waals surface area contributed by atoms with E-state index in [1.54, 1.807) is 12.1 Å². The predicted octanol–water partition coefficient (Wildman–Crippen LogP) is 1.48. The van der Waals surface area contributed by atoms with Crippen molar-refractivity contribution < 1.29 is 17.9 Å². The molecule has 22 heavy (non-hydrogen) atoms. The molecule has 0 aliphatic carbocycles. The first kappa shape index (κ1) is 19.0. The summed E-state index contributed by atoms with van der Waals surface area (Å²) in [5.41, 5.74) is 5.67. The minimum atomic E-state index is -3.52. The number of rotatable bonds is 5. The van der Waals surface area contributed by atoms with E-state index in [0.29, 0.717) is 31.1 Å². The highest BCUT2D eigenvalue weighted by Gasteiger charge is 2.30. The Bertz CT molecular complexity index is 595. The zero-order valence-corrected chi connectivity index (χ0v) is 14.5. The highest BCUT2D eigenvalue weighted by molar-refractivity contribution is 7.89. The van der Waals surface area contributed by atoms with E-state index in [1.165, 1.54) is 24.6 Å². The molecule has 6 nitrogen and oxygen atoms in total. The fourth-order valence-corrected chi connectivity index (χ4v) is 4.13. The fourth-order valence-electron chi connectivity index (χ4n) is 2.56. The van der Waals surface area contributed by atoms with Gasteiger partial charge in [-0.2, -0.15) is 4.31 Å². The van der Waals surface area contributed by atoms with Crippen LogP contribution in [0.15, 0.2) is 23.1 Å². The Morgan fingerprint density at radius 3 is 2.55 bits per heavy atom. The second-order valence-corrected chi connectivity index (χ2v) is 7.06. The number of hydrogen-bond donors (Lipinski definition) is 1. The number of nitrogens with two attached hydrogens (primary N) is 1. The molecule has 1 aromatic carbocycles. The van der Waals surface area contributed by atoms with Gasteiger partial charge in [-0.1, -0.05) is 0 Å². The number of ether oxygens (including phenoxy) is 2. The standard InChI is InChI=1S/C14H22N2O4S.ClH/c1-19-13-6-5-12(8-14(13)20-2)21(17,18)16-7-3-4-11(9-15)10-16;/h5-6,8,11H,3-4,7,9-10,15H2,1-2H3;1H. The van der Waals surface area contributed by atoms with Crippen LogP contribution < -0.4 is 15.2 Å². The Balaban J connectivity index is 0.00000242. The van der Waals surface area contributed by atoms with Crippen molar-refractivity contribution in [2.45, 2.75) is 17.7 Å². The SMILES string of the molecule is COc1ccc(S(=O)(=O)N2CCCC(CN)C2)cc1OC.Cl. The van der Waals surface area contributed by atoms with Gasteiger partial charge in [-0.3, -0.25) is 0 Å². The van der Waals surface area contributed by atoms with Crippen molar-refractivity contribution in [3.63, 3.8) is 0 Å². The molecule has 0 spiro atoms. The number of halogens is 1. The van der Waals surface area contributed by atoms with Crippen LogP contribution in [0.1, 0.15) is 12.8 Å². The Labute approximate surface area is 138 Å². The van der Waals surface area contributed by atoms with Crippen molar-refractivity contribution in [2.24, 2.45) is 11.7 Å². The third-order valence-electron chi connectivity index (χ3n) is 3.81. The van der Waals surface area contributed by atoms with Crippen LogP contribution in [0, 0.1) is 5.92 Å². The van der Waals surface area contributed by atoms with E-state index in [1.807, 2.05) is 0 Å². The Morgan fingerprint density at radius 2 is 1.95 bits per heavy atom. The van der Waals surface area contributed by atoms with Gasteiger partial charge in [0.25, 0.3) is 0 Å². The number of hydrogen-bond acceptors (Lipinski definition) is 5. The number of benzene rings is 1. The molecule has 1 heterocycles. The summed E-state index contributed by atoms with van der Waals surface area (Å²) >= 11 is 0. The van der Waals surface area contributed by atoms with E-state index in [4.69, 9.17) is 15.2 Å². The molecule has 1 aliphatic heterocycles. The largest absolute Gasteiger partial charge is 0.493 e. The van der Waals surface area contributed by atoms with Crippen LogP contribution >= 0.6 is 12.4 Å².